The Kier molecular flexibility index (Phi) is 4.02. The first kappa shape index (κ1) is 13.2. The minimum Gasteiger partial charge on any atom is -0.490 e. The fraction of sp³-hybridized carbons (Fsp3) is 0.438. The Morgan fingerprint density at radius 2 is 2.00 bits per heavy atom. The monoisotopic (exact) mass is 271 g/mol. The van der Waals surface area contributed by atoms with E-state index in [1.807, 2.05) is 24.4 Å². The molecular weight excluding hydrogens is 250 g/mol. The molecule has 1 aromatic carbocycles. The molecule has 1 aliphatic rings. The molecule has 2 N–H and O–H groups in total. The van der Waals surface area contributed by atoms with Crippen LogP contribution in [-0.2, 0) is 0 Å². The van der Waals surface area contributed by atoms with E-state index in [9.17, 15) is 0 Å². The van der Waals surface area contributed by atoms with E-state index < -0.39 is 0 Å². The standard InChI is InChI=1S/C16H21N3O/c17-16-14-6-7-18-12-13(14)4-5-15(16)20-11-10-19-8-2-1-3-9-19/h4-7,12H,1-3,8-11,17H2. The largest absolute Gasteiger partial charge is 0.490 e. The van der Waals surface area contributed by atoms with Crippen molar-refractivity contribution in [2.24, 2.45) is 0 Å². The number of anilines is 1. The number of aromatic nitrogens is 1. The maximum atomic E-state index is 6.17. The van der Waals surface area contributed by atoms with E-state index >= 15 is 0 Å². The molecule has 3 rings (SSSR count). The van der Waals surface area contributed by atoms with Crippen molar-refractivity contribution in [2.75, 3.05) is 32.0 Å². The normalized spacial score (nSPS) is 16.4. The maximum Gasteiger partial charge on any atom is 0.142 e. The average molecular weight is 271 g/mol. The van der Waals surface area contributed by atoms with Gasteiger partial charge in [-0.2, -0.15) is 0 Å². The number of hydrogen-bond donors (Lipinski definition) is 1. The Labute approximate surface area is 119 Å². The summed E-state index contributed by atoms with van der Waals surface area (Å²) in [5.74, 6) is 0.778. The molecule has 0 atom stereocenters. The molecule has 4 heteroatoms. The predicted octanol–water partition coefficient (Wildman–Crippen LogP) is 2.68. The van der Waals surface area contributed by atoms with Gasteiger partial charge in [-0.1, -0.05) is 6.42 Å². The van der Waals surface area contributed by atoms with Crippen molar-refractivity contribution in [3.63, 3.8) is 0 Å². The number of rotatable bonds is 4. The second-order valence-electron chi connectivity index (χ2n) is 5.32. The van der Waals surface area contributed by atoms with Gasteiger partial charge in [-0.15, -0.1) is 0 Å². The first-order valence-electron chi connectivity index (χ1n) is 7.32. The molecule has 2 aromatic rings. The van der Waals surface area contributed by atoms with Gasteiger partial charge in [0.15, 0.2) is 0 Å². The van der Waals surface area contributed by atoms with Gasteiger partial charge in [-0.25, -0.2) is 0 Å². The number of benzene rings is 1. The lowest BCUT2D eigenvalue weighted by Gasteiger charge is -2.26. The van der Waals surface area contributed by atoms with Crippen molar-refractivity contribution in [3.8, 4) is 5.75 Å². The van der Waals surface area contributed by atoms with Crippen LogP contribution in [0.5, 0.6) is 5.75 Å². The minimum absolute atomic E-state index is 0.695. The Balaban J connectivity index is 1.63. The summed E-state index contributed by atoms with van der Waals surface area (Å²) in [6.07, 6.45) is 7.57. The zero-order valence-corrected chi connectivity index (χ0v) is 11.7. The highest BCUT2D eigenvalue weighted by molar-refractivity contribution is 5.95. The molecule has 2 heterocycles. The average Bonchev–Trinajstić information content (AvgIpc) is 2.51. The molecule has 0 saturated carbocycles. The second-order valence-corrected chi connectivity index (χ2v) is 5.32. The van der Waals surface area contributed by atoms with Crippen molar-refractivity contribution in [3.05, 3.63) is 30.6 Å². The molecule has 1 fully saturated rings. The summed E-state index contributed by atoms with van der Waals surface area (Å²) >= 11 is 0. The van der Waals surface area contributed by atoms with Gasteiger partial charge in [0.2, 0.25) is 0 Å². The number of likely N-dealkylation sites (tertiary alicyclic amines) is 1. The highest BCUT2D eigenvalue weighted by atomic mass is 16.5. The zero-order valence-electron chi connectivity index (χ0n) is 11.7. The summed E-state index contributed by atoms with van der Waals surface area (Å²) < 4.78 is 5.86. The van der Waals surface area contributed by atoms with E-state index in [0.717, 1.165) is 23.1 Å². The first-order chi connectivity index (χ1) is 9.84. The number of piperidine rings is 1. The second kappa shape index (κ2) is 6.09. The quantitative estimate of drug-likeness (QED) is 0.869. The summed E-state index contributed by atoms with van der Waals surface area (Å²) in [4.78, 5) is 6.57. The number of nitrogens with zero attached hydrogens (tertiary/aromatic N) is 2. The van der Waals surface area contributed by atoms with Gasteiger partial charge in [0.05, 0.1) is 5.69 Å². The van der Waals surface area contributed by atoms with Crippen LogP contribution in [0.2, 0.25) is 0 Å². The third-order valence-electron chi connectivity index (χ3n) is 3.94. The van der Waals surface area contributed by atoms with Crippen LogP contribution in [0.1, 0.15) is 19.3 Å². The van der Waals surface area contributed by atoms with Crippen molar-refractivity contribution >= 4 is 16.5 Å². The third-order valence-corrected chi connectivity index (χ3v) is 3.94. The highest BCUT2D eigenvalue weighted by Gasteiger charge is 2.10. The molecule has 106 valence electrons. The third kappa shape index (κ3) is 2.85. The molecule has 0 amide bonds. The zero-order chi connectivity index (χ0) is 13.8. The number of nitrogens with two attached hydrogens (primary N) is 1. The van der Waals surface area contributed by atoms with Crippen molar-refractivity contribution in [1.82, 2.24) is 9.88 Å². The van der Waals surface area contributed by atoms with Gasteiger partial charge in [-0.3, -0.25) is 9.88 Å². The van der Waals surface area contributed by atoms with Gasteiger partial charge < -0.3 is 10.5 Å². The number of pyridine rings is 1. The summed E-state index contributed by atoms with van der Waals surface area (Å²) in [5, 5.41) is 2.06. The Hall–Kier alpha value is -1.81. The Morgan fingerprint density at radius 1 is 1.15 bits per heavy atom. The molecule has 0 aliphatic carbocycles. The van der Waals surface area contributed by atoms with Crippen LogP contribution in [-0.4, -0.2) is 36.1 Å². The molecule has 0 bridgehead atoms. The van der Waals surface area contributed by atoms with Crippen LogP contribution in [0.3, 0.4) is 0 Å². The van der Waals surface area contributed by atoms with E-state index in [1.165, 1.54) is 32.4 Å². The Morgan fingerprint density at radius 3 is 2.85 bits per heavy atom. The summed E-state index contributed by atoms with van der Waals surface area (Å²) in [6.45, 7) is 4.07. The fourth-order valence-corrected chi connectivity index (χ4v) is 2.77. The van der Waals surface area contributed by atoms with Crippen LogP contribution in [0.15, 0.2) is 30.6 Å². The maximum absolute atomic E-state index is 6.17. The molecule has 0 radical (unpaired) electrons. The summed E-state index contributed by atoms with van der Waals surface area (Å²) in [6, 6.07) is 5.88. The summed E-state index contributed by atoms with van der Waals surface area (Å²) in [5.41, 5.74) is 6.88. The smallest absolute Gasteiger partial charge is 0.142 e. The number of nitrogen functional groups attached to an aromatic ring is 1. The number of ether oxygens (including phenoxy) is 1. The lowest BCUT2D eigenvalue weighted by atomic mass is 10.1. The van der Waals surface area contributed by atoms with E-state index in [4.69, 9.17) is 10.5 Å². The molecule has 1 saturated heterocycles. The van der Waals surface area contributed by atoms with Gasteiger partial charge in [-0.05, 0) is 44.1 Å². The van der Waals surface area contributed by atoms with Gasteiger partial charge in [0.1, 0.15) is 12.4 Å². The summed E-state index contributed by atoms with van der Waals surface area (Å²) in [7, 11) is 0. The SMILES string of the molecule is Nc1c(OCCN2CCCCC2)ccc2cnccc12. The minimum atomic E-state index is 0.695. The van der Waals surface area contributed by atoms with Crippen LogP contribution in [0.25, 0.3) is 10.8 Å². The van der Waals surface area contributed by atoms with Crippen molar-refractivity contribution in [2.45, 2.75) is 19.3 Å². The molecule has 20 heavy (non-hydrogen) atoms. The van der Waals surface area contributed by atoms with E-state index in [1.54, 1.807) is 6.20 Å². The lowest BCUT2D eigenvalue weighted by molar-refractivity contribution is 0.184. The first-order valence-corrected chi connectivity index (χ1v) is 7.32. The van der Waals surface area contributed by atoms with Gasteiger partial charge in [0, 0.05) is 29.7 Å². The van der Waals surface area contributed by atoms with Crippen molar-refractivity contribution < 1.29 is 4.74 Å². The van der Waals surface area contributed by atoms with Crippen LogP contribution < -0.4 is 10.5 Å². The lowest BCUT2D eigenvalue weighted by Crippen LogP contribution is -2.33. The Bertz CT molecular complexity index is 579. The van der Waals surface area contributed by atoms with E-state index in [-0.39, 0.29) is 0 Å². The van der Waals surface area contributed by atoms with Crippen LogP contribution in [0, 0.1) is 0 Å². The van der Waals surface area contributed by atoms with Gasteiger partial charge in [0.25, 0.3) is 0 Å². The molecule has 1 aromatic heterocycles. The number of hydrogen-bond acceptors (Lipinski definition) is 4. The van der Waals surface area contributed by atoms with E-state index in [2.05, 4.69) is 9.88 Å². The highest BCUT2D eigenvalue weighted by Crippen LogP contribution is 2.29. The molecule has 4 nitrogen and oxygen atoms in total. The topological polar surface area (TPSA) is 51.4 Å². The van der Waals surface area contributed by atoms with Gasteiger partial charge >= 0.3 is 0 Å². The van der Waals surface area contributed by atoms with Crippen LogP contribution >= 0.6 is 0 Å². The molecule has 0 unspecified atom stereocenters. The molecule has 1 aliphatic heterocycles. The van der Waals surface area contributed by atoms with Crippen LogP contribution in [0.4, 0.5) is 5.69 Å². The van der Waals surface area contributed by atoms with Crippen molar-refractivity contribution in [1.29, 1.82) is 0 Å². The fourth-order valence-electron chi connectivity index (χ4n) is 2.77. The predicted molar refractivity (Wildman–Crippen MR) is 81.9 cm³/mol. The molecular formula is C16H21N3O. The number of fused-ring (bicyclic) bond motifs is 1. The molecule has 0 spiro atoms. The van der Waals surface area contributed by atoms with E-state index in [0.29, 0.717) is 12.3 Å².